The van der Waals surface area contributed by atoms with Gasteiger partial charge in [0.1, 0.15) is 0 Å². The monoisotopic (exact) mass is 227 g/mol. The van der Waals surface area contributed by atoms with Crippen LogP contribution in [0.15, 0.2) is 0 Å². The van der Waals surface area contributed by atoms with Gasteiger partial charge in [0.2, 0.25) is 0 Å². The molecule has 2 unspecified atom stereocenters. The molecule has 0 spiro atoms. The minimum atomic E-state index is -0.540. The van der Waals surface area contributed by atoms with Gasteiger partial charge in [-0.1, -0.05) is 33.1 Å². The molecule has 2 nitrogen and oxygen atoms in total. The predicted octanol–water partition coefficient (Wildman–Crippen LogP) is 3.10. The molecule has 2 heteroatoms. The zero-order chi connectivity index (χ0) is 12.0. The lowest BCUT2D eigenvalue weighted by atomic mass is 9.82. The molecule has 0 heterocycles. The minimum Gasteiger partial charge on any atom is -0.389 e. The fourth-order valence-corrected chi connectivity index (χ4v) is 2.66. The Kier molecular flexibility index (Phi) is 5.77. The number of nitrogens with one attached hydrogen (secondary N) is 1. The fourth-order valence-electron chi connectivity index (χ4n) is 2.66. The summed E-state index contributed by atoms with van der Waals surface area (Å²) in [4.78, 5) is 0. The second-order valence-electron chi connectivity index (χ2n) is 5.64. The number of hydrogen-bond acceptors (Lipinski definition) is 2. The third-order valence-electron chi connectivity index (χ3n) is 4.17. The van der Waals surface area contributed by atoms with E-state index in [1.54, 1.807) is 0 Å². The molecule has 16 heavy (non-hydrogen) atoms. The molecular weight excluding hydrogens is 198 g/mol. The van der Waals surface area contributed by atoms with Crippen molar-refractivity contribution in [3.8, 4) is 0 Å². The smallest absolute Gasteiger partial charge is 0.0741 e. The van der Waals surface area contributed by atoms with E-state index in [2.05, 4.69) is 12.2 Å². The highest BCUT2D eigenvalue weighted by Crippen LogP contribution is 2.27. The molecular formula is C14H29NO. The predicted molar refractivity (Wildman–Crippen MR) is 69.6 cm³/mol. The van der Waals surface area contributed by atoms with Crippen molar-refractivity contribution in [2.75, 3.05) is 6.54 Å². The van der Waals surface area contributed by atoms with Crippen LogP contribution in [0.1, 0.15) is 65.7 Å². The van der Waals surface area contributed by atoms with Crippen molar-refractivity contribution < 1.29 is 5.11 Å². The van der Waals surface area contributed by atoms with E-state index >= 15 is 0 Å². The summed E-state index contributed by atoms with van der Waals surface area (Å²) in [6.45, 7) is 6.96. The van der Waals surface area contributed by atoms with Crippen molar-refractivity contribution in [3.63, 3.8) is 0 Å². The maximum absolute atomic E-state index is 10.0. The normalized spacial score (nSPS) is 24.0. The summed E-state index contributed by atoms with van der Waals surface area (Å²) in [5, 5.41) is 13.6. The Labute approximate surface area is 101 Å². The number of rotatable bonds is 6. The molecule has 0 aliphatic heterocycles. The number of hydrogen-bond donors (Lipinski definition) is 2. The largest absolute Gasteiger partial charge is 0.389 e. The molecule has 0 bridgehead atoms. The van der Waals surface area contributed by atoms with E-state index in [9.17, 15) is 5.11 Å². The molecule has 1 aliphatic carbocycles. The van der Waals surface area contributed by atoms with Crippen molar-refractivity contribution in [1.82, 2.24) is 5.32 Å². The minimum absolute atomic E-state index is 0.540. The van der Waals surface area contributed by atoms with Crippen LogP contribution in [0.25, 0.3) is 0 Å². The van der Waals surface area contributed by atoms with Crippen molar-refractivity contribution in [3.05, 3.63) is 0 Å². The van der Waals surface area contributed by atoms with Crippen molar-refractivity contribution >= 4 is 0 Å². The third kappa shape index (κ3) is 4.42. The highest BCUT2D eigenvalue weighted by atomic mass is 16.3. The zero-order valence-corrected chi connectivity index (χ0v) is 11.3. The molecule has 2 N–H and O–H groups in total. The maximum Gasteiger partial charge on any atom is 0.0741 e. The molecule has 1 rings (SSSR count). The summed E-state index contributed by atoms with van der Waals surface area (Å²) in [6, 6.07) is 0.610. The van der Waals surface area contributed by atoms with E-state index in [0.29, 0.717) is 6.04 Å². The first-order valence-electron chi connectivity index (χ1n) is 7.05. The van der Waals surface area contributed by atoms with Gasteiger partial charge in [0.25, 0.3) is 0 Å². The average molecular weight is 227 g/mol. The van der Waals surface area contributed by atoms with Gasteiger partial charge in [0.15, 0.2) is 0 Å². The third-order valence-corrected chi connectivity index (χ3v) is 4.17. The van der Waals surface area contributed by atoms with E-state index in [0.717, 1.165) is 18.9 Å². The van der Waals surface area contributed by atoms with Crippen molar-refractivity contribution in [2.24, 2.45) is 5.92 Å². The number of aliphatic hydroxyl groups is 1. The van der Waals surface area contributed by atoms with Crippen LogP contribution in [0, 0.1) is 5.92 Å². The quantitative estimate of drug-likeness (QED) is 0.731. The topological polar surface area (TPSA) is 32.3 Å². The van der Waals surface area contributed by atoms with Crippen LogP contribution < -0.4 is 5.32 Å². The maximum atomic E-state index is 10.0. The lowest BCUT2D eigenvalue weighted by Gasteiger charge is -2.33. The van der Waals surface area contributed by atoms with Gasteiger partial charge < -0.3 is 10.4 Å². The molecule has 0 aromatic carbocycles. The highest BCUT2D eigenvalue weighted by Gasteiger charge is 2.24. The van der Waals surface area contributed by atoms with Gasteiger partial charge in [-0.25, -0.2) is 0 Å². The standard InChI is InChI=1S/C14H29NO/c1-4-13(12-9-7-6-8-10-12)15-11-14(3,16)5-2/h12-13,15-16H,4-11H2,1-3H3. The Morgan fingerprint density at radius 1 is 1.25 bits per heavy atom. The molecule has 2 atom stereocenters. The van der Waals surface area contributed by atoms with Gasteiger partial charge in [-0.2, -0.15) is 0 Å². The van der Waals surface area contributed by atoms with E-state index in [1.807, 2.05) is 13.8 Å². The van der Waals surface area contributed by atoms with Crippen molar-refractivity contribution in [2.45, 2.75) is 77.4 Å². The molecule has 1 saturated carbocycles. The van der Waals surface area contributed by atoms with Gasteiger partial charge in [0.05, 0.1) is 5.60 Å². The summed E-state index contributed by atoms with van der Waals surface area (Å²) in [7, 11) is 0. The fraction of sp³-hybridized carbons (Fsp3) is 1.00. The van der Waals surface area contributed by atoms with Crippen molar-refractivity contribution in [1.29, 1.82) is 0 Å². The van der Waals surface area contributed by atoms with Gasteiger partial charge >= 0.3 is 0 Å². The Balaban J connectivity index is 2.36. The molecule has 1 fully saturated rings. The Morgan fingerprint density at radius 3 is 2.38 bits per heavy atom. The Morgan fingerprint density at radius 2 is 1.88 bits per heavy atom. The molecule has 0 aromatic rings. The van der Waals surface area contributed by atoms with Crippen LogP contribution in [-0.4, -0.2) is 23.3 Å². The first kappa shape index (κ1) is 14.0. The zero-order valence-electron chi connectivity index (χ0n) is 11.3. The highest BCUT2D eigenvalue weighted by molar-refractivity contribution is 4.82. The van der Waals surface area contributed by atoms with Gasteiger partial charge in [-0.15, -0.1) is 0 Å². The molecule has 0 radical (unpaired) electrons. The second-order valence-corrected chi connectivity index (χ2v) is 5.64. The van der Waals surface area contributed by atoms with E-state index in [-0.39, 0.29) is 0 Å². The Hall–Kier alpha value is -0.0800. The lowest BCUT2D eigenvalue weighted by molar-refractivity contribution is 0.0489. The van der Waals surface area contributed by atoms with Gasteiger partial charge in [-0.3, -0.25) is 0 Å². The van der Waals surface area contributed by atoms with E-state index in [4.69, 9.17) is 0 Å². The molecule has 0 saturated heterocycles. The van der Waals surface area contributed by atoms with E-state index in [1.165, 1.54) is 38.5 Å². The second kappa shape index (κ2) is 6.61. The van der Waals surface area contributed by atoms with Gasteiger partial charge in [0, 0.05) is 12.6 Å². The van der Waals surface area contributed by atoms with Crippen LogP contribution in [0.3, 0.4) is 0 Å². The van der Waals surface area contributed by atoms with E-state index < -0.39 is 5.60 Å². The summed E-state index contributed by atoms with van der Waals surface area (Å²) in [6.07, 6.45) is 8.96. The first-order valence-corrected chi connectivity index (χ1v) is 7.05. The summed E-state index contributed by atoms with van der Waals surface area (Å²) in [5.74, 6) is 0.839. The first-order chi connectivity index (χ1) is 7.59. The molecule has 96 valence electrons. The van der Waals surface area contributed by atoms with Crippen LogP contribution in [0.2, 0.25) is 0 Å². The summed E-state index contributed by atoms with van der Waals surface area (Å²) in [5.41, 5.74) is -0.540. The van der Waals surface area contributed by atoms with Crippen LogP contribution in [0.5, 0.6) is 0 Å². The molecule has 1 aliphatic rings. The Bertz CT molecular complexity index is 185. The van der Waals surface area contributed by atoms with Crippen LogP contribution in [-0.2, 0) is 0 Å². The lowest BCUT2D eigenvalue weighted by Crippen LogP contribution is -2.45. The average Bonchev–Trinajstić information content (AvgIpc) is 2.31. The van der Waals surface area contributed by atoms with Gasteiger partial charge in [-0.05, 0) is 38.5 Å². The molecule has 0 aromatic heterocycles. The molecule has 0 amide bonds. The summed E-state index contributed by atoms with van der Waals surface area (Å²) < 4.78 is 0. The SMILES string of the molecule is CCC(NCC(C)(O)CC)C1CCCCC1. The summed E-state index contributed by atoms with van der Waals surface area (Å²) >= 11 is 0. The van der Waals surface area contributed by atoms with Crippen LogP contribution in [0.4, 0.5) is 0 Å². The van der Waals surface area contributed by atoms with Crippen LogP contribution >= 0.6 is 0 Å².